The van der Waals surface area contributed by atoms with Crippen LogP contribution in [0.5, 0.6) is 11.5 Å². The summed E-state index contributed by atoms with van der Waals surface area (Å²) in [5.41, 5.74) is 4.76. The molecule has 0 N–H and O–H groups in total. The molecule has 154 valence electrons. The molecule has 0 aliphatic carbocycles. The molecule has 1 aromatic heterocycles. The van der Waals surface area contributed by atoms with Gasteiger partial charge >= 0.3 is 0 Å². The average Bonchev–Trinajstić information content (AvgIpc) is 3.14. The molecule has 3 aromatic carbocycles. The van der Waals surface area contributed by atoms with E-state index in [0.717, 1.165) is 48.6 Å². The normalized spacial score (nSPS) is 11.0. The summed E-state index contributed by atoms with van der Waals surface area (Å²) < 4.78 is 13.5. The van der Waals surface area contributed by atoms with Gasteiger partial charge in [-0.25, -0.2) is 4.98 Å². The van der Waals surface area contributed by atoms with E-state index in [9.17, 15) is 0 Å². The van der Waals surface area contributed by atoms with E-state index in [-0.39, 0.29) is 0 Å². The first-order chi connectivity index (χ1) is 14.8. The van der Waals surface area contributed by atoms with Gasteiger partial charge < -0.3 is 14.0 Å². The summed E-state index contributed by atoms with van der Waals surface area (Å²) >= 11 is 0. The zero-order chi connectivity index (χ0) is 20.8. The van der Waals surface area contributed by atoms with Crippen molar-refractivity contribution in [2.24, 2.45) is 0 Å². The Morgan fingerprint density at radius 2 is 1.53 bits per heavy atom. The molecular weight excluding hydrogens is 372 g/mol. The minimum atomic E-state index is 0.681. The molecule has 0 aliphatic rings. The van der Waals surface area contributed by atoms with Crippen LogP contribution in [0.25, 0.3) is 11.0 Å². The molecule has 0 radical (unpaired) electrons. The first-order valence-electron chi connectivity index (χ1n) is 10.6. The van der Waals surface area contributed by atoms with Gasteiger partial charge in [0.15, 0.2) is 0 Å². The molecule has 0 amide bonds. The molecule has 1 heterocycles. The zero-order valence-corrected chi connectivity index (χ0v) is 17.7. The Morgan fingerprint density at radius 3 is 2.27 bits per heavy atom. The van der Waals surface area contributed by atoms with Gasteiger partial charge in [0.1, 0.15) is 17.3 Å². The molecule has 0 spiro atoms. The SMILES string of the molecule is CCc1ccc(OCCCn2c(Cc3ccc(OC)cc3)nc3ccccc32)cc1. The van der Waals surface area contributed by atoms with Crippen molar-refractivity contribution in [1.29, 1.82) is 0 Å². The summed E-state index contributed by atoms with van der Waals surface area (Å²) in [5.74, 6) is 2.88. The number of nitrogens with zero attached hydrogens (tertiary/aromatic N) is 2. The van der Waals surface area contributed by atoms with Gasteiger partial charge in [0, 0.05) is 13.0 Å². The molecule has 4 heteroatoms. The van der Waals surface area contributed by atoms with E-state index in [4.69, 9.17) is 14.5 Å². The smallest absolute Gasteiger partial charge is 0.119 e. The number of methoxy groups -OCH3 is 1. The lowest BCUT2D eigenvalue weighted by molar-refractivity contribution is 0.302. The minimum Gasteiger partial charge on any atom is -0.497 e. The van der Waals surface area contributed by atoms with Crippen molar-refractivity contribution in [3.05, 3.63) is 89.7 Å². The molecule has 30 heavy (non-hydrogen) atoms. The summed E-state index contributed by atoms with van der Waals surface area (Å²) in [6, 6.07) is 24.9. The summed E-state index contributed by atoms with van der Waals surface area (Å²) in [6.07, 6.45) is 2.76. The third-order valence-electron chi connectivity index (χ3n) is 5.38. The van der Waals surface area contributed by atoms with E-state index < -0.39 is 0 Å². The molecule has 0 bridgehead atoms. The molecule has 4 aromatic rings. The van der Waals surface area contributed by atoms with Crippen LogP contribution >= 0.6 is 0 Å². The van der Waals surface area contributed by atoms with Crippen LogP contribution in [0.2, 0.25) is 0 Å². The van der Waals surface area contributed by atoms with Gasteiger partial charge in [0.25, 0.3) is 0 Å². The first kappa shape index (κ1) is 20.0. The first-order valence-corrected chi connectivity index (χ1v) is 10.6. The largest absolute Gasteiger partial charge is 0.497 e. The fraction of sp³-hybridized carbons (Fsp3) is 0.269. The number of benzene rings is 3. The highest BCUT2D eigenvalue weighted by Crippen LogP contribution is 2.21. The van der Waals surface area contributed by atoms with Crippen LogP contribution in [0.15, 0.2) is 72.8 Å². The summed E-state index contributed by atoms with van der Waals surface area (Å²) in [6.45, 7) is 3.72. The highest BCUT2D eigenvalue weighted by Gasteiger charge is 2.11. The van der Waals surface area contributed by atoms with Gasteiger partial charge in [-0.2, -0.15) is 0 Å². The molecule has 4 nitrogen and oxygen atoms in total. The Bertz CT molecular complexity index is 1080. The Balaban J connectivity index is 1.45. The number of ether oxygens (including phenoxy) is 2. The number of fused-ring (bicyclic) bond motifs is 1. The maximum absolute atomic E-state index is 5.95. The van der Waals surface area contributed by atoms with Gasteiger partial charge in [-0.1, -0.05) is 43.3 Å². The Labute approximate surface area is 178 Å². The molecule has 0 saturated carbocycles. The van der Waals surface area contributed by atoms with Crippen molar-refractivity contribution < 1.29 is 9.47 Å². The molecule has 0 aliphatic heterocycles. The highest BCUT2D eigenvalue weighted by molar-refractivity contribution is 5.76. The van der Waals surface area contributed by atoms with Crippen LogP contribution in [0, 0.1) is 0 Å². The minimum absolute atomic E-state index is 0.681. The highest BCUT2D eigenvalue weighted by atomic mass is 16.5. The van der Waals surface area contributed by atoms with E-state index in [0.29, 0.717) is 6.61 Å². The molecule has 0 saturated heterocycles. The van der Waals surface area contributed by atoms with Gasteiger partial charge in [-0.05, 0) is 60.4 Å². The topological polar surface area (TPSA) is 36.3 Å². The Hall–Kier alpha value is -3.27. The fourth-order valence-electron chi connectivity index (χ4n) is 3.67. The second-order valence-corrected chi connectivity index (χ2v) is 7.39. The zero-order valence-electron chi connectivity index (χ0n) is 17.7. The van der Waals surface area contributed by atoms with E-state index in [1.54, 1.807) is 7.11 Å². The van der Waals surface area contributed by atoms with Crippen LogP contribution in [0.4, 0.5) is 0 Å². The van der Waals surface area contributed by atoms with Crippen molar-refractivity contribution in [3.8, 4) is 11.5 Å². The maximum Gasteiger partial charge on any atom is 0.119 e. The molecule has 0 fully saturated rings. The molecule has 4 rings (SSSR count). The molecular formula is C26H28N2O2. The van der Waals surface area contributed by atoms with Crippen LogP contribution in [0.3, 0.4) is 0 Å². The summed E-state index contributed by atoms with van der Waals surface area (Å²) in [5, 5.41) is 0. The lowest BCUT2D eigenvalue weighted by atomic mass is 10.1. The number of aromatic nitrogens is 2. The number of hydrogen-bond acceptors (Lipinski definition) is 3. The third-order valence-corrected chi connectivity index (χ3v) is 5.38. The number of rotatable bonds is 9. The van der Waals surface area contributed by atoms with Crippen LogP contribution < -0.4 is 9.47 Å². The number of aryl methyl sites for hydroxylation is 2. The lowest BCUT2D eigenvalue weighted by Gasteiger charge is -2.11. The third kappa shape index (κ3) is 4.65. The second kappa shape index (κ2) is 9.49. The van der Waals surface area contributed by atoms with Crippen LogP contribution in [-0.2, 0) is 19.4 Å². The van der Waals surface area contributed by atoms with Crippen molar-refractivity contribution in [2.75, 3.05) is 13.7 Å². The molecule has 0 atom stereocenters. The predicted molar refractivity (Wildman–Crippen MR) is 121 cm³/mol. The van der Waals surface area contributed by atoms with E-state index in [2.05, 4.69) is 66.1 Å². The maximum atomic E-state index is 5.95. The predicted octanol–water partition coefficient (Wildman–Crippen LogP) is 5.67. The summed E-state index contributed by atoms with van der Waals surface area (Å²) in [7, 11) is 1.69. The Morgan fingerprint density at radius 1 is 0.833 bits per heavy atom. The number of imidazole rings is 1. The quantitative estimate of drug-likeness (QED) is 0.340. The van der Waals surface area contributed by atoms with Gasteiger partial charge in [0.05, 0.1) is 24.8 Å². The van der Waals surface area contributed by atoms with Crippen molar-refractivity contribution in [3.63, 3.8) is 0 Å². The van der Waals surface area contributed by atoms with Gasteiger partial charge in [0.2, 0.25) is 0 Å². The fourth-order valence-corrected chi connectivity index (χ4v) is 3.67. The second-order valence-electron chi connectivity index (χ2n) is 7.39. The van der Waals surface area contributed by atoms with Crippen molar-refractivity contribution in [1.82, 2.24) is 9.55 Å². The summed E-state index contributed by atoms with van der Waals surface area (Å²) in [4.78, 5) is 4.90. The van der Waals surface area contributed by atoms with E-state index >= 15 is 0 Å². The van der Waals surface area contributed by atoms with Gasteiger partial charge in [-0.15, -0.1) is 0 Å². The monoisotopic (exact) mass is 400 g/mol. The lowest BCUT2D eigenvalue weighted by Crippen LogP contribution is -2.08. The van der Waals surface area contributed by atoms with E-state index in [1.807, 2.05) is 18.2 Å². The Kier molecular flexibility index (Phi) is 6.33. The van der Waals surface area contributed by atoms with E-state index in [1.165, 1.54) is 16.6 Å². The number of hydrogen-bond donors (Lipinski definition) is 0. The standard InChI is InChI=1S/C26H28N2O2/c1-3-20-9-15-23(16-10-20)30-18-6-17-28-25-8-5-4-7-24(25)27-26(28)19-21-11-13-22(29-2)14-12-21/h4-5,7-16H,3,6,17-19H2,1-2H3. The average molecular weight is 401 g/mol. The van der Waals surface area contributed by atoms with Crippen LogP contribution in [0.1, 0.15) is 30.3 Å². The van der Waals surface area contributed by atoms with Crippen molar-refractivity contribution in [2.45, 2.75) is 32.7 Å². The number of para-hydroxylation sites is 2. The van der Waals surface area contributed by atoms with Crippen molar-refractivity contribution >= 4 is 11.0 Å². The van der Waals surface area contributed by atoms with Crippen LogP contribution in [-0.4, -0.2) is 23.3 Å². The van der Waals surface area contributed by atoms with Gasteiger partial charge in [-0.3, -0.25) is 0 Å². The molecule has 0 unspecified atom stereocenters.